The minimum absolute atomic E-state index is 0.211. The second kappa shape index (κ2) is 6.48. The zero-order valence-electron chi connectivity index (χ0n) is 9.74. The number of hydrogen-bond acceptors (Lipinski definition) is 0. The number of alkyl halides is 1. The first-order valence-electron chi connectivity index (χ1n) is 5.80. The largest absolute Gasteiger partial charge is 0.206 e. The molecule has 0 saturated carbocycles. The molecule has 1 atom stereocenters. The van der Waals surface area contributed by atoms with E-state index in [4.69, 9.17) is 0 Å². The molecule has 2 aromatic carbocycles. The fraction of sp³-hybridized carbons (Fsp3) is 0.200. The van der Waals surface area contributed by atoms with E-state index in [1.54, 1.807) is 0 Å². The van der Waals surface area contributed by atoms with Gasteiger partial charge in [0.05, 0.1) is 4.47 Å². The van der Waals surface area contributed by atoms with Crippen LogP contribution < -0.4 is 0 Å². The summed E-state index contributed by atoms with van der Waals surface area (Å²) in [6.45, 7) is 0. The minimum Gasteiger partial charge on any atom is -0.206 e. The maximum absolute atomic E-state index is 13.1. The zero-order valence-corrected chi connectivity index (χ0v) is 12.9. The van der Waals surface area contributed by atoms with Gasteiger partial charge in [-0.3, -0.25) is 0 Å². The molecule has 2 aromatic rings. The van der Waals surface area contributed by atoms with Crippen LogP contribution in [0.25, 0.3) is 0 Å². The summed E-state index contributed by atoms with van der Waals surface area (Å²) in [4.78, 5) is 0.336. The molecule has 0 bridgehead atoms. The predicted molar refractivity (Wildman–Crippen MR) is 80.5 cm³/mol. The molecule has 0 saturated heterocycles. The minimum atomic E-state index is -0.211. The van der Waals surface area contributed by atoms with Crippen LogP contribution in [0.4, 0.5) is 4.39 Å². The van der Waals surface area contributed by atoms with Crippen LogP contribution >= 0.6 is 31.9 Å². The first-order valence-corrected chi connectivity index (χ1v) is 7.50. The van der Waals surface area contributed by atoms with E-state index in [0.717, 1.165) is 18.4 Å². The summed E-state index contributed by atoms with van der Waals surface area (Å²) in [5.74, 6) is -0.211. The third-order valence-corrected chi connectivity index (χ3v) is 4.43. The summed E-state index contributed by atoms with van der Waals surface area (Å²) in [7, 11) is 0. The van der Waals surface area contributed by atoms with Crippen molar-refractivity contribution in [3.63, 3.8) is 0 Å². The van der Waals surface area contributed by atoms with Crippen LogP contribution in [0.5, 0.6) is 0 Å². The molecule has 0 aliphatic carbocycles. The summed E-state index contributed by atoms with van der Waals surface area (Å²) in [6, 6.07) is 15.5. The Hall–Kier alpha value is -0.670. The molecule has 0 radical (unpaired) electrons. The molecule has 94 valence electrons. The second-order valence-electron chi connectivity index (χ2n) is 4.17. The highest BCUT2D eigenvalue weighted by Crippen LogP contribution is 2.28. The van der Waals surface area contributed by atoms with Crippen LogP contribution in [-0.2, 0) is 6.42 Å². The van der Waals surface area contributed by atoms with Gasteiger partial charge in [-0.15, -0.1) is 0 Å². The standard InChI is InChI=1S/C15H13Br2F/c16-13(12-4-2-1-3-5-12)8-6-11-7-9-15(18)14(17)10-11/h1-5,7,9-10,13H,6,8H2. The molecular formula is C15H13Br2F. The fourth-order valence-corrected chi connectivity index (χ4v) is 2.78. The van der Waals surface area contributed by atoms with Gasteiger partial charge in [-0.1, -0.05) is 52.3 Å². The average Bonchev–Trinajstić information content (AvgIpc) is 2.41. The van der Waals surface area contributed by atoms with Crippen LogP contribution in [0.15, 0.2) is 53.0 Å². The molecule has 2 rings (SSSR count). The Morgan fingerprint density at radius 2 is 1.78 bits per heavy atom. The molecule has 0 aliphatic heterocycles. The van der Waals surface area contributed by atoms with Crippen molar-refractivity contribution in [1.82, 2.24) is 0 Å². The van der Waals surface area contributed by atoms with Gasteiger partial charge in [0.2, 0.25) is 0 Å². The third-order valence-electron chi connectivity index (χ3n) is 2.83. The van der Waals surface area contributed by atoms with Crippen molar-refractivity contribution < 1.29 is 4.39 Å². The Kier molecular flexibility index (Phi) is 4.95. The maximum atomic E-state index is 13.1. The second-order valence-corrected chi connectivity index (χ2v) is 6.13. The summed E-state index contributed by atoms with van der Waals surface area (Å²) < 4.78 is 13.6. The van der Waals surface area contributed by atoms with Crippen molar-refractivity contribution in [2.24, 2.45) is 0 Å². The predicted octanol–water partition coefficient (Wildman–Crippen LogP) is 5.66. The Balaban J connectivity index is 1.97. The highest BCUT2D eigenvalue weighted by Gasteiger charge is 2.08. The Morgan fingerprint density at radius 1 is 1.06 bits per heavy atom. The first-order chi connectivity index (χ1) is 8.66. The number of aryl methyl sites for hydroxylation is 1. The van der Waals surface area contributed by atoms with Crippen molar-refractivity contribution >= 4 is 31.9 Å². The van der Waals surface area contributed by atoms with Crippen molar-refractivity contribution in [3.05, 3.63) is 69.9 Å². The molecule has 0 amide bonds. The van der Waals surface area contributed by atoms with Gasteiger partial charge < -0.3 is 0 Å². The highest BCUT2D eigenvalue weighted by molar-refractivity contribution is 9.10. The molecule has 0 nitrogen and oxygen atoms in total. The number of benzene rings is 2. The molecule has 0 N–H and O–H groups in total. The van der Waals surface area contributed by atoms with Gasteiger partial charge in [0.1, 0.15) is 5.82 Å². The lowest BCUT2D eigenvalue weighted by Gasteiger charge is -2.10. The van der Waals surface area contributed by atoms with Gasteiger partial charge >= 0.3 is 0 Å². The van der Waals surface area contributed by atoms with Crippen molar-refractivity contribution in [2.45, 2.75) is 17.7 Å². The molecule has 3 heteroatoms. The summed E-state index contributed by atoms with van der Waals surface area (Å²) in [5, 5.41) is 0. The van der Waals surface area contributed by atoms with Gasteiger partial charge in [0.15, 0.2) is 0 Å². The van der Waals surface area contributed by atoms with Crippen LogP contribution in [0.1, 0.15) is 22.4 Å². The van der Waals surface area contributed by atoms with E-state index in [2.05, 4.69) is 44.0 Å². The van der Waals surface area contributed by atoms with Crippen LogP contribution in [0, 0.1) is 5.82 Å². The normalized spacial score (nSPS) is 12.4. The lowest BCUT2D eigenvalue weighted by Crippen LogP contribution is -1.94. The summed E-state index contributed by atoms with van der Waals surface area (Å²) in [6.07, 6.45) is 1.91. The Bertz CT molecular complexity index is 511. The quantitative estimate of drug-likeness (QED) is 0.608. The summed E-state index contributed by atoms with van der Waals surface area (Å²) >= 11 is 6.90. The Labute approximate surface area is 123 Å². The van der Waals surface area contributed by atoms with Gasteiger partial charge in [0.25, 0.3) is 0 Å². The lowest BCUT2D eigenvalue weighted by atomic mass is 10.0. The van der Waals surface area contributed by atoms with Crippen molar-refractivity contribution in [2.75, 3.05) is 0 Å². The molecule has 0 aliphatic rings. The van der Waals surface area contributed by atoms with Crippen LogP contribution in [0.3, 0.4) is 0 Å². The number of rotatable bonds is 4. The Morgan fingerprint density at radius 3 is 2.44 bits per heavy atom. The van der Waals surface area contributed by atoms with Crippen molar-refractivity contribution in [1.29, 1.82) is 0 Å². The lowest BCUT2D eigenvalue weighted by molar-refractivity contribution is 0.619. The van der Waals surface area contributed by atoms with Gasteiger partial charge in [-0.25, -0.2) is 4.39 Å². The maximum Gasteiger partial charge on any atom is 0.137 e. The first kappa shape index (κ1) is 13.8. The van der Waals surface area contributed by atoms with E-state index in [9.17, 15) is 4.39 Å². The molecular weight excluding hydrogens is 359 g/mol. The number of halogens is 3. The van der Waals surface area contributed by atoms with E-state index < -0.39 is 0 Å². The van der Waals surface area contributed by atoms with Crippen LogP contribution in [-0.4, -0.2) is 0 Å². The summed E-state index contributed by atoms with van der Waals surface area (Å²) in [5.41, 5.74) is 2.42. The van der Waals surface area contributed by atoms with Crippen molar-refractivity contribution in [3.8, 4) is 0 Å². The van der Waals surface area contributed by atoms with Gasteiger partial charge in [-0.05, 0) is 52.0 Å². The SMILES string of the molecule is Fc1ccc(CCC(Br)c2ccccc2)cc1Br. The molecule has 0 fully saturated rings. The topological polar surface area (TPSA) is 0 Å². The zero-order chi connectivity index (χ0) is 13.0. The smallest absolute Gasteiger partial charge is 0.137 e. The van der Waals surface area contributed by atoms with E-state index in [0.29, 0.717) is 9.30 Å². The molecule has 0 aromatic heterocycles. The molecule has 0 spiro atoms. The van der Waals surface area contributed by atoms with Crippen LogP contribution in [0.2, 0.25) is 0 Å². The van der Waals surface area contributed by atoms with E-state index in [-0.39, 0.29) is 5.82 Å². The third kappa shape index (κ3) is 3.66. The van der Waals surface area contributed by atoms with E-state index in [1.807, 2.05) is 30.3 Å². The monoisotopic (exact) mass is 370 g/mol. The molecule has 0 heterocycles. The van der Waals surface area contributed by atoms with E-state index >= 15 is 0 Å². The average molecular weight is 372 g/mol. The van der Waals surface area contributed by atoms with E-state index in [1.165, 1.54) is 11.6 Å². The van der Waals surface area contributed by atoms with Gasteiger partial charge in [0, 0.05) is 4.83 Å². The molecule has 1 unspecified atom stereocenters. The molecule has 18 heavy (non-hydrogen) atoms. The van der Waals surface area contributed by atoms with Gasteiger partial charge in [-0.2, -0.15) is 0 Å². The highest BCUT2D eigenvalue weighted by atomic mass is 79.9. The fourth-order valence-electron chi connectivity index (χ4n) is 1.82. The number of hydrogen-bond donors (Lipinski definition) is 0.